The third kappa shape index (κ3) is 328. The number of hydrogen-bond donors (Lipinski definition) is 1. The Balaban J connectivity index is 0. The van der Waals surface area contributed by atoms with Gasteiger partial charge in [0.1, 0.15) is 0 Å². The van der Waals surface area contributed by atoms with Crippen LogP contribution in [0.25, 0.3) is 0 Å². The van der Waals surface area contributed by atoms with Crippen molar-refractivity contribution in [1.29, 1.82) is 0 Å². The van der Waals surface area contributed by atoms with Gasteiger partial charge >= 0.3 is 0 Å². The van der Waals surface area contributed by atoms with Gasteiger partial charge in [-0.25, -0.2) is 0 Å². The number of hydrogen-bond acceptors (Lipinski definition) is 2. The third-order valence-corrected chi connectivity index (χ3v) is 0.204. The fourth-order valence-electron chi connectivity index (χ4n) is 0. The summed E-state index contributed by atoms with van der Waals surface area (Å²) < 4.78 is 4.50. The van der Waals surface area contributed by atoms with E-state index in [4.69, 9.17) is 5.11 Å². The topological polar surface area (TPSA) is 32.8 Å². The summed E-state index contributed by atoms with van der Waals surface area (Å²) >= 11 is 0. The lowest BCUT2D eigenvalue weighted by Gasteiger charge is -1.52. The van der Waals surface area contributed by atoms with Crippen LogP contribution in [0.1, 0.15) is 27.2 Å². The van der Waals surface area contributed by atoms with Crippen molar-refractivity contribution in [2.45, 2.75) is 27.2 Å². The summed E-state index contributed by atoms with van der Waals surface area (Å²) in [5.41, 5.74) is 0. The molecule has 0 aliphatic carbocycles. The Bertz CT molecular complexity index is 23.3. The van der Waals surface area contributed by atoms with E-state index in [1.807, 2.05) is 0 Å². The Kier molecular flexibility index (Phi) is 20.3. The van der Waals surface area contributed by atoms with Crippen LogP contribution in [0.5, 0.6) is 0 Å². The van der Waals surface area contributed by atoms with Crippen LogP contribution in [0.3, 0.4) is 0 Å². The molecule has 0 saturated carbocycles. The van der Waals surface area contributed by atoms with E-state index in [-0.39, 0.29) is 6.61 Å². The predicted molar refractivity (Wildman–Crippen MR) is 39.5 cm³/mol. The van der Waals surface area contributed by atoms with Gasteiger partial charge in [0.15, 0.2) is 0 Å². The summed E-state index contributed by atoms with van der Waals surface area (Å²) in [5, 5.41) is 7.57. The maximum Gasteiger partial charge on any atom is 0.0701 e. The van der Waals surface area contributed by atoms with Crippen LogP contribution in [-0.4, -0.2) is 24.9 Å². The van der Waals surface area contributed by atoms with Crippen molar-refractivity contribution < 1.29 is 9.84 Å². The second-order valence-corrected chi connectivity index (χ2v) is 1.64. The van der Waals surface area contributed by atoms with Crippen LogP contribution >= 0.6 is 0 Å². The summed E-state index contributed by atoms with van der Waals surface area (Å²) in [6, 6.07) is 0. The molecule has 58 valence electrons. The molecule has 0 amide bonds. The number of rotatable bonds is 0. The van der Waals surface area contributed by atoms with Gasteiger partial charge in [-0.3, -0.25) is 0 Å². The van der Waals surface area contributed by atoms with Crippen molar-refractivity contribution >= 4 is 0 Å². The molecule has 1 aliphatic rings. The number of aliphatic hydroxyl groups excluding tert-OH is 1. The zero-order valence-electron chi connectivity index (χ0n) is 6.68. The SMILES string of the molecule is C1CO1.CCC.CCO. The average molecular weight is 134 g/mol. The van der Waals surface area contributed by atoms with Crippen molar-refractivity contribution in [3.8, 4) is 0 Å². The molecular weight excluding hydrogens is 116 g/mol. The van der Waals surface area contributed by atoms with Gasteiger partial charge in [0, 0.05) is 6.61 Å². The molecule has 0 aromatic carbocycles. The summed E-state index contributed by atoms with van der Waals surface area (Å²) in [7, 11) is 0. The summed E-state index contributed by atoms with van der Waals surface area (Å²) in [4.78, 5) is 0. The van der Waals surface area contributed by atoms with Gasteiger partial charge in [-0.1, -0.05) is 20.3 Å². The first-order valence-corrected chi connectivity index (χ1v) is 3.51. The summed E-state index contributed by atoms with van der Waals surface area (Å²) in [6.07, 6.45) is 1.25. The van der Waals surface area contributed by atoms with Crippen molar-refractivity contribution in [2.75, 3.05) is 19.8 Å². The van der Waals surface area contributed by atoms with Crippen LogP contribution in [0, 0.1) is 0 Å². The molecule has 0 bridgehead atoms. The van der Waals surface area contributed by atoms with E-state index in [9.17, 15) is 0 Å². The van der Waals surface area contributed by atoms with E-state index in [0.29, 0.717) is 0 Å². The van der Waals surface area contributed by atoms with Crippen molar-refractivity contribution in [2.24, 2.45) is 0 Å². The molecule has 0 spiro atoms. The molecule has 9 heavy (non-hydrogen) atoms. The van der Waals surface area contributed by atoms with Crippen molar-refractivity contribution in [3.63, 3.8) is 0 Å². The number of aliphatic hydroxyl groups is 1. The Morgan fingerprint density at radius 2 is 1.33 bits per heavy atom. The zero-order chi connectivity index (χ0) is 7.54. The molecule has 1 heterocycles. The highest BCUT2D eigenvalue weighted by atomic mass is 16.6. The normalized spacial score (nSPS) is 12.0. The van der Waals surface area contributed by atoms with Gasteiger partial charge in [0.2, 0.25) is 0 Å². The Morgan fingerprint density at radius 3 is 1.33 bits per heavy atom. The molecule has 2 heteroatoms. The third-order valence-electron chi connectivity index (χ3n) is 0.204. The molecule has 2 nitrogen and oxygen atoms in total. The molecule has 0 aromatic heterocycles. The molecule has 0 unspecified atom stereocenters. The summed E-state index contributed by atoms with van der Waals surface area (Å²) in [6.45, 7) is 8.18. The highest BCUT2D eigenvalue weighted by Crippen LogP contribution is 1.84. The zero-order valence-corrected chi connectivity index (χ0v) is 6.68. The van der Waals surface area contributed by atoms with Gasteiger partial charge < -0.3 is 9.84 Å². The molecule has 1 fully saturated rings. The van der Waals surface area contributed by atoms with Crippen LogP contribution in [0.2, 0.25) is 0 Å². The second-order valence-electron chi connectivity index (χ2n) is 1.64. The van der Waals surface area contributed by atoms with Crippen LogP contribution in [-0.2, 0) is 4.74 Å². The highest BCUT2D eigenvalue weighted by Gasteiger charge is 1.94. The highest BCUT2D eigenvalue weighted by molar-refractivity contribution is 4.36. The monoisotopic (exact) mass is 134 g/mol. The van der Waals surface area contributed by atoms with E-state index in [2.05, 4.69) is 18.6 Å². The van der Waals surface area contributed by atoms with E-state index in [1.165, 1.54) is 6.42 Å². The minimum absolute atomic E-state index is 0.250. The molecule has 1 rings (SSSR count). The molecule has 0 radical (unpaired) electrons. The van der Waals surface area contributed by atoms with E-state index < -0.39 is 0 Å². The minimum atomic E-state index is 0.250. The van der Waals surface area contributed by atoms with E-state index in [1.54, 1.807) is 6.92 Å². The lowest BCUT2D eigenvalue weighted by Crippen LogP contribution is -1.57. The molecular formula is C7H18O2. The lowest BCUT2D eigenvalue weighted by atomic mass is 10.6. The molecule has 0 aromatic rings. The second kappa shape index (κ2) is 15.7. The van der Waals surface area contributed by atoms with Crippen LogP contribution in [0.15, 0.2) is 0 Å². The first-order valence-electron chi connectivity index (χ1n) is 3.51. The molecule has 0 atom stereocenters. The fraction of sp³-hybridized carbons (Fsp3) is 1.00. The van der Waals surface area contributed by atoms with E-state index >= 15 is 0 Å². The molecule has 1 aliphatic heterocycles. The van der Waals surface area contributed by atoms with E-state index in [0.717, 1.165) is 13.2 Å². The maximum absolute atomic E-state index is 7.57. The van der Waals surface area contributed by atoms with Gasteiger partial charge in [-0.15, -0.1) is 0 Å². The van der Waals surface area contributed by atoms with Gasteiger partial charge in [0.25, 0.3) is 0 Å². The Labute approximate surface area is 57.8 Å². The largest absolute Gasteiger partial charge is 0.397 e. The quantitative estimate of drug-likeness (QED) is 0.508. The van der Waals surface area contributed by atoms with Crippen molar-refractivity contribution in [1.82, 2.24) is 0 Å². The Morgan fingerprint density at radius 1 is 1.22 bits per heavy atom. The molecule has 1 saturated heterocycles. The van der Waals surface area contributed by atoms with Gasteiger partial charge in [0.05, 0.1) is 13.2 Å². The lowest BCUT2D eigenvalue weighted by molar-refractivity contribution is 0.318. The summed E-state index contributed by atoms with van der Waals surface area (Å²) in [5.74, 6) is 0. The van der Waals surface area contributed by atoms with Gasteiger partial charge in [-0.2, -0.15) is 0 Å². The van der Waals surface area contributed by atoms with Crippen LogP contribution in [0.4, 0.5) is 0 Å². The fourth-order valence-corrected chi connectivity index (χ4v) is 0. The first-order chi connectivity index (χ1) is 4.33. The van der Waals surface area contributed by atoms with Gasteiger partial charge in [-0.05, 0) is 6.92 Å². The van der Waals surface area contributed by atoms with Crippen LogP contribution < -0.4 is 0 Å². The smallest absolute Gasteiger partial charge is 0.0701 e. The predicted octanol–water partition coefficient (Wildman–Crippen LogP) is 1.43. The average Bonchev–Trinajstić information content (AvgIpc) is 2.48. The van der Waals surface area contributed by atoms with Crippen molar-refractivity contribution in [3.05, 3.63) is 0 Å². The first kappa shape index (κ1) is 11.7. The Hall–Kier alpha value is -0.0800. The standard InChI is InChI=1S/C3H8.C2H4O.C2H6O/c1-3-2;1-2-3-1;1-2-3/h3H2,1-2H3;1-2H2;3H,2H2,1H3. The molecule has 1 N–H and O–H groups in total. The maximum atomic E-state index is 7.57. The minimum Gasteiger partial charge on any atom is -0.397 e. The number of ether oxygens (including phenoxy) is 1. The number of epoxide rings is 1.